The number of para-hydroxylation sites is 1. The molecule has 0 amide bonds. The molecule has 0 aliphatic carbocycles. The average molecular weight is 272 g/mol. The number of nitrogens with zero attached hydrogens (tertiary/aromatic N) is 2. The van der Waals surface area contributed by atoms with Crippen molar-refractivity contribution in [2.45, 2.75) is 19.6 Å². The minimum atomic E-state index is 0.194. The molecule has 1 aromatic heterocycles. The van der Waals surface area contributed by atoms with Crippen LogP contribution >= 0.6 is 0 Å². The van der Waals surface area contributed by atoms with Crippen LogP contribution in [0.5, 0.6) is 0 Å². The molecule has 106 valence electrons. The Morgan fingerprint density at radius 2 is 2.25 bits per heavy atom. The Balaban J connectivity index is 1.85. The number of fused-ring (bicyclic) bond motifs is 1. The number of aldehydes is 1. The van der Waals surface area contributed by atoms with Gasteiger partial charge in [-0.15, -0.1) is 0 Å². The number of benzene rings is 1. The van der Waals surface area contributed by atoms with Gasteiger partial charge in [0.2, 0.25) is 0 Å². The first kappa shape index (κ1) is 13.3. The van der Waals surface area contributed by atoms with E-state index in [0.717, 1.165) is 55.5 Å². The lowest BCUT2D eigenvalue weighted by Crippen LogP contribution is -2.43. The molecule has 4 nitrogen and oxygen atoms in total. The van der Waals surface area contributed by atoms with Crippen LogP contribution in [-0.2, 0) is 11.3 Å². The average Bonchev–Trinajstić information content (AvgIpc) is 2.86. The van der Waals surface area contributed by atoms with Gasteiger partial charge in [-0.3, -0.25) is 9.69 Å². The number of likely N-dealkylation sites (N-methyl/N-ethyl adjacent to an activating group) is 1. The van der Waals surface area contributed by atoms with Gasteiger partial charge in [0.25, 0.3) is 0 Å². The van der Waals surface area contributed by atoms with Crippen LogP contribution in [0.1, 0.15) is 17.3 Å². The van der Waals surface area contributed by atoms with Gasteiger partial charge in [0, 0.05) is 35.8 Å². The summed E-state index contributed by atoms with van der Waals surface area (Å²) in [4.78, 5) is 13.6. The lowest BCUT2D eigenvalue weighted by Gasteiger charge is -2.32. The van der Waals surface area contributed by atoms with E-state index in [1.165, 1.54) is 0 Å². The summed E-state index contributed by atoms with van der Waals surface area (Å²) in [7, 11) is 0. The Kier molecular flexibility index (Phi) is 3.85. The molecule has 1 atom stereocenters. The van der Waals surface area contributed by atoms with Crippen molar-refractivity contribution in [2.24, 2.45) is 0 Å². The molecule has 1 aliphatic rings. The van der Waals surface area contributed by atoms with Gasteiger partial charge in [0.15, 0.2) is 6.29 Å². The van der Waals surface area contributed by atoms with Crippen molar-refractivity contribution >= 4 is 17.2 Å². The van der Waals surface area contributed by atoms with Crippen molar-refractivity contribution in [1.82, 2.24) is 9.47 Å². The van der Waals surface area contributed by atoms with E-state index < -0.39 is 0 Å². The minimum Gasteiger partial charge on any atom is -0.374 e. The summed E-state index contributed by atoms with van der Waals surface area (Å²) in [6, 6.07) is 8.03. The summed E-state index contributed by atoms with van der Waals surface area (Å²) in [5.41, 5.74) is 1.86. The van der Waals surface area contributed by atoms with Crippen LogP contribution in [-0.4, -0.2) is 48.1 Å². The van der Waals surface area contributed by atoms with Crippen LogP contribution in [0.15, 0.2) is 30.5 Å². The Morgan fingerprint density at radius 3 is 3.05 bits per heavy atom. The van der Waals surface area contributed by atoms with Gasteiger partial charge in [-0.05, 0) is 12.6 Å². The predicted molar refractivity (Wildman–Crippen MR) is 79.2 cm³/mol. The van der Waals surface area contributed by atoms with E-state index in [0.29, 0.717) is 0 Å². The maximum absolute atomic E-state index is 11.2. The highest BCUT2D eigenvalue weighted by Gasteiger charge is 2.20. The second-order valence-corrected chi connectivity index (χ2v) is 5.26. The normalized spacial score (nSPS) is 20.4. The third kappa shape index (κ3) is 2.49. The largest absolute Gasteiger partial charge is 0.374 e. The van der Waals surface area contributed by atoms with Crippen molar-refractivity contribution in [2.75, 3.05) is 26.2 Å². The number of morpholine rings is 1. The Labute approximate surface area is 118 Å². The number of ether oxygens (including phenoxy) is 1. The standard InChI is InChI=1S/C16H20N2O2/c1-2-17-7-8-20-14(10-17)11-18-9-13(12-19)15-5-3-4-6-16(15)18/h3-6,9,12,14H,2,7-8,10-11H2,1H3. The second kappa shape index (κ2) is 5.77. The number of hydrogen-bond donors (Lipinski definition) is 0. The van der Waals surface area contributed by atoms with E-state index in [1.807, 2.05) is 24.4 Å². The SMILES string of the molecule is CCN1CCOC(Cn2cc(C=O)c3ccccc32)C1. The van der Waals surface area contributed by atoms with Crippen LogP contribution in [0.25, 0.3) is 10.9 Å². The number of carbonyl (C=O) groups is 1. The van der Waals surface area contributed by atoms with Gasteiger partial charge >= 0.3 is 0 Å². The molecule has 1 fully saturated rings. The monoisotopic (exact) mass is 272 g/mol. The first-order valence-corrected chi connectivity index (χ1v) is 7.19. The van der Waals surface area contributed by atoms with Crippen molar-refractivity contribution in [3.8, 4) is 0 Å². The third-order valence-electron chi connectivity index (χ3n) is 4.02. The fourth-order valence-electron chi connectivity index (χ4n) is 2.92. The number of rotatable bonds is 4. The predicted octanol–water partition coefficient (Wildman–Crippen LogP) is 2.17. The Hall–Kier alpha value is -1.65. The number of aromatic nitrogens is 1. The summed E-state index contributed by atoms with van der Waals surface area (Å²) in [5, 5.41) is 1.02. The molecule has 1 unspecified atom stereocenters. The van der Waals surface area contributed by atoms with Crippen LogP contribution in [0.4, 0.5) is 0 Å². The maximum atomic E-state index is 11.2. The molecule has 20 heavy (non-hydrogen) atoms. The Morgan fingerprint density at radius 1 is 1.40 bits per heavy atom. The quantitative estimate of drug-likeness (QED) is 0.800. The first-order chi connectivity index (χ1) is 9.81. The molecule has 4 heteroatoms. The van der Waals surface area contributed by atoms with E-state index in [-0.39, 0.29) is 6.10 Å². The molecule has 1 saturated heterocycles. The molecule has 0 saturated carbocycles. The van der Waals surface area contributed by atoms with E-state index in [2.05, 4.69) is 22.5 Å². The van der Waals surface area contributed by atoms with Crippen molar-refractivity contribution in [1.29, 1.82) is 0 Å². The molecular weight excluding hydrogens is 252 g/mol. The van der Waals surface area contributed by atoms with E-state index in [9.17, 15) is 4.79 Å². The highest BCUT2D eigenvalue weighted by atomic mass is 16.5. The van der Waals surface area contributed by atoms with Crippen LogP contribution in [0.3, 0.4) is 0 Å². The molecule has 1 aromatic carbocycles. The zero-order valence-corrected chi connectivity index (χ0v) is 11.8. The highest BCUT2D eigenvalue weighted by molar-refractivity contribution is 5.97. The topological polar surface area (TPSA) is 34.5 Å². The van der Waals surface area contributed by atoms with Gasteiger partial charge in [0.05, 0.1) is 19.3 Å². The lowest BCUT2D eigenvalue weighted by atomic mass is 10.2. The van der Waals surface area contributed by atoms with Crippen molar-refractivity contribution in [3.63, 3.8) is 0 Å². The zero-order chi connectivity index (χ0) is 13.9. The van der Waals surface area contributed by atoms with E-state index in [1.54, 1.807) is 0 Å². The fourth-order valence-corrected chi connectivity index (χ4v) is 2.92. The highest BCUT2D eigenvalue weighted by Crippen LogP contribution is 2.21. The molecule has 0 bridgehead atoms. The molecule has 3 rings (SSSR count). The molecule has 0 N–H and O–H groups in total. The summed E-state index contributed by atoms with van der Waals surface area (Å²) in [5.74, 6) is 0. The van der Waals surface area contributed by atoms with Gasteiger partial charge in [0.1, 0.15) is 0 Å². The summed E-state index contributed by atoms with van der Waals surface area (Å²) in [6.07, 6.45) is 3.06. The molecular formula is C16H20N2O2. The summed E-state index contributed by atoms with van der Waals surface area (Å²) >= 11 is 0. The van der Waals surface area contributed by atoms with Crippen molar-refractivity contribution < 1.29 is 9.53 Å². The molecule has 0 radical (unpaired) electrons. The number of carbonyl (C=O) groups excluding carboxylic acids is 1. The molecule has 0 spiro atoms. The summed E-state index contributed by atoms with van der Waals surface area (Å²) < 4.78 is 8.00. The molecule has 2 aromatic rings. The van der Waals surface area contributed by atoms with Gasteiger partial charge < -0.3 is 9.30 Å². The lowest BCUT2D eigenvalue weighted by molar-refractivity contribution is -0.0337. The zero-order valence-electron chi connectivity index (χ0n) is 11.8. The van der Waals surface area contributed by atoms with Crippen LogP contribution in [0, 0.1) is 0 Å². The van der Waals surface area contributed by atoms with Gasteiger partial charge in [-0.25, -0.2) is 0 Å². The minimum absolute atomic E-state index is 0.194. The maximum Gasteiger partial charge on any atom is 0.152 e. The summed E-state index contributed by atoms with van der Waals surface area (Å²) in [6.45, 7) is 6.80. The van der Waals surface area contributed by atoms with E-state index in [4.69, 9.17) is 4.74 Å². The van der Waals surface area contributed by atoms with Gasteiger partial charge in [-0.1, -0.05) is 25.1 Å². The van der Waals surface area contributed by atoms with E-state index >= 15 is 0 Å². The number of hydrogen-bond acceptors (Lipinski definition) is 3. The molecule has 2 heterocycles. The van der Waals surface area contributed by atoms with Gasteiger partial charge in [-0.2, -0.15) is 0 Å². The first-order valence-electron chi connectivity index (χ1n) is 7.19. The second-order valence-electron chi connectivity index (χ2n) is 5.26. The van der Waals surface area contributed by atoms with Crippen LogP contribution in [0.2, 0.25) is 0 Å². The Bertz CT molecular complexity index is 606. The van der Waals surface area contributed by atoms with Crippen LogP contribution < -0.4 is 0 Å². The smallest absolute Gasteiger partial charge is 0.152 e. The third-order valence-corrected chi connectivity index (χ3v) is 4.02. The molecule has 1 aliphatic heterocycles. The van der Waals surface area contributed by atoms with Crippen molar-refractivity contribution in [3.05, 3.63) is 36.0 Å². The fraction of sp³-hybridized carbons (Fsp3) is 0.438.